The first kappa shape index (κ1) is 6.46. The van der Waals surface area contributed by atoms with Gasteiger partial charge in [0.15, 0.2) is 0 Å². The molecule has 2 aliphatic heterocycles. The van der Waals surface area contributed by atoms with Crippen LogP contribution in [-0.2, 0) is 4.74 Å². The van der Waals surface area contributed by atoms with Crippen molar-refractivity contribution in [2.24, 2.45) is 0 Å². The third-order valence-electron chi connectivity index (χ3n) is 1.84. The summed E-state index contributed by atoms with van der Waals surface area (Å²) < 4.78 is 4.82. The van der Waals surface area contributed by atoms with Crippen LogP contribution in [0.25, 0.3) is 0 Å². The minimum absolute atomic E-state index is 0.216. The van der Waals surface area contributed by atoms with E-state index in [1.165, 1.54) is 0 Å². The van der Waals surface area contributed by atoms with Crippen molar-refractivity contribution in [2.45, 2.75) is 6.42 Å². The molecule has 0 spiro atoms. The van der Waals surface area contributed by atoms with Crippen molar-refractivity contribution in [1.82, 2.24) is 4.90 Å². The molecule has 0 saturated carbocycles. The predicted molar refractivity (Wildman–Crippen MR) is 39.9 cm³/mol. The van der Waals surface area contributed by atoms with Crippen molar-refractivity contribution in [3.05, 3.63) is 23.9 Å². The molecular formula is C8H9NO2. The van der Waals surface area contributed by atoms with Gasteiger partial charge >= 0.3 is 6.09 Å². The van der Waals surface area contributed by atoms with Crippen molar-refractivity contribution in [2.75, 3.05) is 13.2 Å². The van der Waals surface area contributed by atoms with E-state index in [1.807, 2.05) is 12.2 Å². The standard InChI is InChI=1S/C8H9NO2/c10-8-9-5-2-1-3-7(9)4-6-11-8/h1,3-4H,2,5-6H2. The van der Waals surface area contributed by atoms with E-state index in [1.54, 1.807) is 4.90 Å². The number of allylic oxidation sites excluding steroid dienone is 1. The Morgan fingerprint density at radius 3 is 3.27 bits per heavy atom. The average Bonchev–Trinajstić information content (AvgIpc) is 2.06. The van der Waals surface area contributed by atoms with Crippen LogP contribution < -0.4 is 0 Å². The predicted octanol–water partition coefficient (Wildman–Crippen LogP) is 1.28. The molecule has 0 aliphatic carbocycles. The first-order valence-corrected chi connectivity index (χ1v) is 3.69. The number of amides is 1. The molecule has 0 aromatic heterocycles. The molecule has 0 aromatic carbocycles. The van der Waals surface area contributed by atoms with E-state index in [9.17, 15) is 4.79 Å². The lowest BCUT2D eigenvalue weighted by Crippen LogP contribution is -2.35. The van der Waals surface area contributed by atoms with Gasteiger partial charge in [0.25, 0.3) is 0 Å². The summed E-state index contributed by atoms with van der Waals surface area (Å²) in [5.74, 6) is 0. The van der Waals surface area contributed by atoms with Crippen LogP contribution in [0, 0.1) is 0 Å². The summed E-state index contributed by atoms with van der Waals surface area (Å²) in [5, 5.41) is 0. The minimum Gasteiger partial charge on any atom is -0.445 e. The van der Waals surface area contributed by atoms with Crippen LogP contribution in [0.5, 0.6) is 0 Å². The van der Waals surface area contributed by atoms with Gasteiger partial charge in [-0.3, -0.25) is 4.90 Å². The monoisotopic (exact) mass is 151 g/mol. The van der Waals surface area contributed by atoms with E-state index >= 15 is 0 Å². The van der Waals surface area contributed by atoms with Crippen LogP contribution in [0.15, 0.2) is 23.9 Å². The Labute approximate surface area is 64.9 Å². The molecule has 3 heteroatoms. The summed E-state index contributed by atoms with van der Waals surface area (Å²) in [7, 11) is 0. The normalized spacial score (nSPS) is 22.4. The third kappa shape index (κ3) is 1.02. The van der Waals surface area contributed by atoms with E-state index in [4.69, 9.17) is 4.74 Å². The van der Waals surface area contributed by atoms with E-state index in [2.05, 4.69) is 6.08 Å². The van der Waals surface area contributed by atoms with Gasteiger partial charge in [0.1, 0.15) is 6.61 Å². The molecule has 0 bridgehead atoms. The molecule has 1 amide bonds. The Morgan fingerprint density at radius 1 is 1.55 bits per heavy atom. The molecule has 2 rings (SSSR count). The fourth-order valence-corrected chi connectivity index (χ4v) is 1.28. The van der Waals surface area contributed by atoms with Gasteiger partial charge < -0.3 is 4.74 Å². The van der Waals surface area contributed by atoms with Crippen LogP contribution in [0.4, 0.5) is 4.79 Å². The molecule has 0 unspecified atom stereocenters. The zero-order valence-electron chi connectivity index (χ0n) is 6.12. The number of carbonyl (C=O) groups excluding carboxylic acids is 1. The van der Waals surface area contributed by atoms with Crippen molar-refractivity contribution >= 4 is 6.09 Å². The molecule has 2 heterocycles. The number of hydrogen-bond donors (Lipinski definition) is 0. The summed E-state index contributed by atoms with van der Waals surface area (Å²) in [6.45, 7) is 1.16. The van der Waals surface area contributed by atoms with Crippen LogP contribution in [-0.4, -0.2) is 24.1 Å². The van der Waals surface area contributed by atoms with E-state index in [-0.39, 0.29) is 6.09 Å². The first-order chi connectivity index (χ1) is 5.38. The van der Waals surface area contributed by atoms with E-state index < -0.39 is 0 Å². The molecule has 3 nitrogen and oxygen atoms in total. The fraction of sp³-hybridized carbons (Fsp3) is 0.375. The van der Waals surface area contributed by atoms with E-state index in [0.717, 1.165) is 18.7 Å². The molecule has 0 radical (unpaired) electrons. The van der Waals surface area contributed by atoms with Crippen molar-refractivity contribution in [1.29, 1.82) is 0 Å². The number of carbonyl (C=O) groups is 1. The SMILES string of the molecule is O=C1OCC=C2C=CCCN12. The molecular weight excluding hydrogens is 142 g/mol. The first-order valence-electron chi connectivity index (χ1n) is 3.69. The zero-order chi connectivity index (χ0) is 7.68. The summed E-state index contributed by atoms with van der Waals surface area (Å²) >= 11 is 0. The molecule has 58 valence electrons. The lowest BCUT2D eigenvalue weighted by atomic mass is 10.2. The topological polar surface area (TPSA) is 29.5 Å². The quantitative estimate of drug-likeness (QED) is 0.522. The maximum atomic E-state index is 11.1. The number of nitrogens with zero attached hydrogens (tertiary/aromatic N) is 1. The third-order valence-corrected chi connectivity index (χ3v) is 1.84. The molecule has 11 heavy (non-hydrogen) atoms. The zero-order valence-corrected chi connectivity index (χ0v) is 6.12. The van der Waals surface area contributed by atoms with Gasteiger partial charge in [0, 0.05) is 12.2 Å². The van der Waals surface area contributed by atoms with Crippen LogP contribution >= 0.6 is 0 Å². The smallest absolute Gasteiger partial charge is 0.414 e. The second-order valence-electron chi connectivity index (χ2n) is 2.55. The van der Waals surface area contributed by atoms with Gasteiger partial charge in [0.05, 0.1) is 0 Å². The van der Waals surface area contributed by atoms with Gasteiger partial charge in [-0.05, 0) is 18.6 Å². The molecule has 0 N–H and O–H groups in total. The van der Waals surface area contributed by atoms with Crippen molar-refractivity contribution in [3.63, 3.8) is 0 Å². The van der Waals surface area contributed by atoms with Crippen LogP contribution in [0.2, 0.25) is 0 Å². The summed E-state index contributed by atoms with van der Waals surface area (Å²) in [4.78, 5) is 12.7. The summed E-state index contributed by atoms with van der Waals surface area (Å²) in [5.41, 5.74) is 0.979. The summed E-state index contributed by atoms with van der Waals surface area (Å²) in [6, 6.07) is 0. The number of cyclic esters (lactones) is 1. The number of fused-ring (bicyclic) bond motifs is 1. The molecule has 2 aliphatic rings. The molecule has 0 atom stereocenters. The van der Waals surface area contributed by atoms with Gasteiger partial charge in [0.2, 0.25) is 0 Å². The van der Waals surface area contributed by atoms with Gasteiger partial charge in [-0.15, -0.1) is 0 Å². The highest BCUT2D eigenvalue weighted by molar-refractivity contribution is 5.72. The number of ether oxygens (including phenoxy) is 1. The lowest BCUT2D eigenvalue weighted by molar-refractivity contribution is 0.115. The average molecular weight is 151 g/mol. The van der Waals surface area contributed by atoms with E-state index in [0.29, 0.717) is 6.61 Å². The molecule has 0 saturated heterocycles. The van der Waals surface area contributed by atoms with Crippen molar-refractivity contribution in [3.8, 4) is 0 Å². The Balaban J connectivity index is 2.30. The highest BCUT2D eigenvalue weighted by Crippen LogP contribution is 2.17. The van der Waals surface area contributed by atoms with Crippen LogP contribution in [0.1, 0.15) is 6.42 Å². The number of hydrogen-bond acceptors (Lipinski definition) is 2. The maximum absolute atomic E-state index is 11.1. The summed E-state index contributed by atoms with van der Waals surface area (Å²) in [6.07, 6.45) is 6.65. The second kappa shape index (κ2) is 2.42. The highest BCUT2D eigenvalue weighted by Gasteiger charge is 2.22. The van der Waals surface area contributed by atoms with Crippen LogP contribution in [0.3, 0.4) is 0 Å². The Kier molecular flexibility index (Phi) is 1.42. The Morgan fingerprint density at radius 2 is 2.45 bits per heavy atom. The van der Waals surface area contributed by atoms with Gasteiger partial charge in [-0.25, -0.2) is 4.79 Å². The minimum atomic E-state index is -0.216. The van der Waals surface area contributed by atoms with Gasteiger partial charge in [-0.2, -0.15) is 0 Å². The maximum Gasteiger partial charge on any atom is 0.414 e. The fourth-order valence-electron chi connectivity index (χ4n) is 1.28. The van der Waals surface area contributed by atoms with Gasteiger partial charge in [-0.1, -0.05) is 6.08 Å². The Bertz CT molecular complexity index is 242. The Hall–Kier alpha value is -1.25. The second-order valence-corrected chi connectivity index (χ2v) is 2.55. The molecule has 0 aromatic rings. The van der Waals surface area contributed by atoms with Crippen molar-refractivity contribution < 1.29 is 9.53 Å². The molecule has 0 fully saturated rings. The lowest BCUT2D eigenvalue weighted by Gasteiger charge is -2.28. The highest BCUT2D eigenvalue weighted by atomic mass is 16.6. The number of rotatable bonds is 0. The largest absolute Gasteiger partial charge is 0.445 e.